The predicted molar refractivity (Wildman–Crippen MR) is 93.3 cm³/mol. The number of amides is 1. The Morgan fingerprint density at radius 3 is 2.87 bits per heavy atom. The smallest absolute Gasteiger partial charge is 0.227 e. The summed E-state index contributed by atoms with van der Waals surface area (Å²) in [5, 5.41) is 1.22. The van der Waals surface area contributed by atoms with E-state index in [-0.39, 0.29) is 0 Å². The summed E-state index contributed by atoms with van der Waals surface area (Å²) in [7, 11) is 2.06. The minimum absolute atomic E-state index is 0.322. The van der Waals surface area contributed by atoms with Crippen LogP contribution < -0.4 is 0 Å². The molecule has 1 saturated heterocycles. The zero-order chi connectivity index (χ0) is 16.0. The Morgan fingerprint density at radius 2 is 2.00 bits per heavy atom. The highest BCUT2D eigenvalue weighted by Gasteiger charge is 2.42. The molecular weight excluding hydrogens is 284 g/mol. The van der Waals surface area contributed by atoms with Crippen LogP contribution in [-0.2, 0) is 18.3 Å². The number of likely N-dealkylation sites (tertiary alicyclic amines) is 1. The van der Waals surface area contributed by atoms with Gasteiger partial charge in [-0.05, 0) is 43.7 Å². The van der Waals surface area contributed by atoms with Crippen LogP contribution in [0.3, 0.4) is 0 Å². The molecule has 2 heterocycles. The Balaban J connectivity index is 1.59. The number of fused-ring (bicyclic) bond motifs is 2. The average molecular weight is 310 g/mol. The number of para-hydroxylation sites is 1. The quantitative estimate of drug-likeness (QED) is 0.826. The molecule has 3 atom stereocenters. The Morgan fingerprint density at radius 1 is 1.22 bits per heavy atom. The van der Waals surface area contributed by atoms with E-state index in [9.17, 15) is 4.79 Å². The van der Waals surface area contributed by atoms with Crippen LogP contribution in [0.4, 0.5) is 0 Å². The molecule has 0 bridgehead atoms. The summed E-state index contributed by atoms with van der Waals surface area (Å²) in [5.41, 5.74) is 2.37. The first-order valence-electron chi connectivity index (χ1n) is 8.99. The number of aryl methyl sites for hydroxylation is 1. The van der Waals surface area contributed by atoms with Crippen molar-refractivity contribution in [1.29, 1.82) is 0 Å². The van der Waals surface area contributed by atoms with Crippen molar-refractivity contribution in [2.24, 2.45) is 13.0 Å². The Labute approximate surface area is 138 Å². The number of carbonyl (C=O) groups is 1. The lowest BCUT2D eigenvalue weighted by Crippen LogP contribution is -2.43. The predicted octanol–water partition coefficient (Wildman–Crippen LogP) is 3.90. The second-order valence-corrected chi connectivity index (χ2v) is 7.46. The second kappa shape index (κ2) is 5.70. The maximum Gasteiger partial charge on any atom is 0.227 e. The van der Waals surface area contributed by atoms with Crippen LogP contribution in [0.25, 0.3) is 10.9 Å². The first-order valence-corrected chi connectivity index (χ1v) is 8.99. The highest BCUT2D eigenvalue weighted by molar-refractivity contribution is 5.89. The van der Waals surface area contributed by atoms with Gasteiger partial charge in [0.1, 0.15) is 0 Å². The van der Waals surface area contributed by atoms with Crippen LogP contribution in [0.15, 0.2) is 30.5 Å². The van der Waals surface area contributed by atoms with E-state index in [1.54, 1.807) is 0 Å². The van der Waals surface area contributed by atoms with Gasteiger partial charge in [-0.1, -0.05) is 31.0 Å². The molecule has 1 saturated carbocycles. The van der Waals surface area contributed by atoms with E-state index < -0.39 is 0 Å². The van der Waals surface area contributed by atoms with Gasteiger partial charge in [0.15, 0.2) is 0 Å². The third-order valence-electron chi connectivity index (χ3n) is 5.95. The van der Waals surface area contributed by atoms with Gasteiger partial charge in [-0.15, -0.1) is 0 Å². The molecule has 3 unspecified atom stereocenters. The minimum atomic E-state index is 0.322. The number of hydrogen-bond acceptors (Lipinski definition) is 1. The molecule has 1 aromatic carbocycles. The summed E-state index contributed by atoms with van der Waals surface area (Å²) in [5.74, 6) is 1.07. The SMILES string of the molecule is CC1CC2CCCCC2N1C(=O)Cc1cn(C)c2ccccc12. The van der Waals surface area contributed by atoms with Crippen LogP contribution in [-0.4, -0.2) is 27.5 Å². The topological polar surface area (TPSA) is 25.2 Å². The van der Waals surface area contributed by atoms with Gasteiger partial charge in [0, 0.05) is 36.2 Å². The van der Waals surface area contributed by atoms with Crippen molar-refractivity contribution in [3.05, 3.63) is 36.0 Å². The van der Waals surface area contributed by atoms with Crippen LogP contribution in [0.2, 0.25) is 0 Å². The summed E-state index contributed by atoms with van der Waals surface area (Å²) >= 11 is 0. The highest BCUT2D eigenvalue weighted by Crippen LogP contribution is 2.40. The standard InChI is InChI=1S/C20H26N2O/c1-14-11-15-7-3-5-9-18(15)22(14)20(23)12-16-13-21(2)19-10-6-4-8-17(16)19/h4,6,8,10,13-15,18H,3,5,7,9,11-12H2,1-2H3. The van der Waals surface area contributed by atoms with Crippen LogP contribution in [0.5, 0.6) is 0 Å². The summed E-state index contributed by atoms with van der Waals surface area (Å²) in [6.07, 6.45) is 9.01. The maximum absolute atomic E-state index is 13.0. The minimum Gasteiger partial charge on any atom is -0.350 e. The van der Waals surface area contributed by atoms with E-state index in [4.69, 9.17) is 0 Å². The number of hydrogen-bond donors (Lipinski definition) is 0. The number of rotatable bonds is 2. The van der Waals surface area contributed by atoms with E-state index in [2.05, 4.69) is 53.9 Å². The third-order valence-corrected chi connectivity index (χ3v) is 5.95. The molecule has 0 spiro atoms. The lowest BCUT2D eigenvalue weighted by molar-refractivity contribution is -0.133. The number of nitrogens with zero attached hydrogens (tertiary/aromatic N) is 2. The number of aromatic nitrogens is 1. The zero-order valence-corrected chi connectivity index (χ0v) is 14.2. The monoisotopic (exact) mass is 310 g/mol. The molecule has 3 heteroatoms. The van der Waals surface area contributed by atoms with Crippen molar-refractivity contribution in [2.45, 2.75) is 57.5 Å². The van der Waals surface area contributed by atoms with Crippen LogP contribution >= 0.6 is 0 Å². The largest absolute Gasteiger partial charge is 0.350 e. The molecule has 4 rings (SSSR count). The van der Waals surface area contributed by atoms with Crippen LogP contribution in [0.1, 0.15) is 44.6 Å². The summed E-state index contributed by atoms with van der Waals surface area (Å²) in [4.78, 5) is 15.3. The molecule has 1 amide bonds. The molecule has 122 valence electrons. The van der Waals surface area contributed by atoms with Crippen molar-refractivity contribution in [3.63, 3.8) is 0 Å². The third kappa shape index (κ3) is 2.46. The van der Waals surface area contributed by atoms with Gasteiger partial charge in [-0.2, -0.15) is 0 Å². The lowest BCUT2D eigenvalue weighted by Gasteiger charge is -2.33. The van der Waals surface area contributed by atoms with Gasteiger partial charge in [0.05, 0.1) is 6.42 Å². The summed E-state index contributed by atoms with van der Waals surface area (Å²) < 4.78 is 2.13. The summed E-state index contributed by atoms with van der Waals surface area (Å²) in [6, 6.07) is 9.29. The molecule has 23 heavy (non-hydrogen) atoms. The molecule has 0 radical (unpaired) electrons. The first kappa shape index (κ1) is 14.8. The number of benzene rings is 1. The summed E-state index contributed by atoms with van der Waals surface area (Å²) in [6.45, 7) is 2.24. The van der Waals surface area contributed by atoms with Crippen molar-refractivity contribution in [1.82, 2.24) is 9.47 Å². The van der Waals surface area contributed by atoms with Crippen LogP contribution in [0, 0.1) is 5.92 Å². The molecule has 1 aliphatic heterocycles. The molecule has 0 N–H and O–H groups in total. The Bertz CT molecular complexity index is 732. The van der Waals surface area contributed by atoms with Gasteiger partial charge in [-0.25, -0.2) is 0 Å². The van der Waals surface area contributed by atoms with Gasteiger partial charge in [0.2, 0.25) is 5.91 Å². The van der Waals surface area contributed by atoms with E-state index in [0.717, 1.165) is 5.92 Å². The Hall–Kier alpha value is -1.77. The van der Waals surface area contributed by atoms with E-state index in [0.29, 0.717) is 24.4 Å². The van der Waals surface area contributed by atoms with E-state index >= 15 is 0 Å². The molecule has 3 nitrogen and oxygen atoms in total. The van der Waals surface area contributed by atoms with Crippen molar-refractivity contribution >= 4 is 16.8 Å². The second-order valence-electron chi connectivity index (χ2n) is 7.46. The highest BCUT2D eigenvalue weighted by atomic mass is 16.2. The average Bonchev–Trinajstić information content (AvgIpc) is 3.04. The normalized spacial score (nSPS) is 27.4. The van der Waals surface area contributed by atoms with Gasteiger partial charge in [0.25, 0.3) is 0 Å². The Kier molecular flexibility index (Phi) is 3.67. The fourth-order valence-electron chi connectivity index (χ4n) is 4.96. The zero-order valence-electron chi connectivity index (χ0n) is 14.2. The fraction of sp³-hybridized carbons (Fsp3) is 0.550. The molecular formula is C20H26N2O. The van der Waals surface area contributed by atoms with Crippen molar-refractivity contribution in [2.75, 3.05) is 0 Å². The van der Waals surface area contributed by atoms with E-state index in [1.807, 2.05) is 0 Å². The fourth-order valence-corrected chi connectivity index (χ4v) is 4.96. The molecule has 2 fully saturated rings. The van der Waals surface area contributed by atoms with Crippen molar-refractivity contribution in [3.8, 4) is 0 Å². The van der Waals surface area contributed by atoms with Gasteiger partial charge >= 0.3 is 0 Å². The van der Waals surface area contributed by atoms with E-state index in [1.165, 1.54) is 48.6 Å². The molecule has 1 aliphatic carbocycles. The van der Waals surface area contributed by atoms with Crippen molar-refractivity contribution < 1.29 is 4.79 Å². The molecule has 2 aromatic rings. The molecule has 2 aliphatic rings. The van der Waals surface area contributed by atoms with Gasteiger partial charge < -0.3 is 9.47 Å². The number of carbonyl (C=O) groups excluding carboxylic acids is 1. The molecule has 1 aromatic heterocycles. The maximum atomic E-state index is 13.0. The van der Waals surface area contributed by atoms with Gasteiger partial charge in [-0.3, -0.25) is 4.79 Å². The lowest BCUT2D eigenvalue weighted by atomic mass is 9.85. The first-order chi connectivity index (χ1) is 11.1.